The van der Waals surface area contributed by atoms with Crippen LogP contribution in [0.25, 0.3) is 0 Å². The Morgan fingerprint density at radius 2 is 1.83 bits per heavy atom. The van der Waals surface area contributed by atoms with Crippen molar-refractivity contribution in [1.82, 2.24) is 0 Å². The van der Waals surface area contributed by atoms with Gasteiger partial charge >= 0.3 is 7.12 Å². The van der Waals surface area contributed by atoms with E-state index < -0.39 is 23.2 Å². The van der Waals surface area contributed by atoms with Crippen molar-refractivity contribution in [3.63, 3.8) is 0 Å². The van der Waals surface area contributed by atoms with Gasteiger partial charge in [-0.1, -0.05) is 0 Å². The number of nitro groups is 1. The minimum absolute atomic E-state index is 0.0154. The molecule has 7 nitrogen and oxygen atoms in total. The molecule has 0 aromatic heterocycles. The lowest BCUT2D eigenvalue weighted by molar-refractivity contribution is -0.384. The minimum Gasteiger partial charge on any atom is -0.399 e. The summed E-state index contributed by atoms with van der Waals surface area (Å²) in [4.78, 5) is 24.5. The summed E-state index contributed by atoms with van der Waals surface area (Å²) in [6.45, 7) is 8.29. The molecule has 0 unspecified atom stereocenters. The van der Waals surface area contributed by atoms with Crippen molar-refractivity contribution in [2.75, 3.05) is 11.4 Å². The highest BCUT2D eigenvalue weighted by molar-refractivity contribution is 6.64. The van der Waals surface area contributed by atoms with E-state index in [0.717, 1.165) is 6.42 Å². The topological polar surface area (TPSA) is 81.9 Å². The smallest absolute Gasteiger partial charge is 0.399 e. The van der Waals surface area contributed by atoms with Crippen LogP contribution in [0.4, 0.5) is 11.4 Å². The number of anilines is 1. The lowest BCUT2D eigenvalue weighted by Crippen LogP contribution is -2.41. The Morgan fingerprint density at radius 1 is 1.21 bits per heavy atom. The van der Waals surface area contributed by atoms with Gasteiger partial charge in [0, 0.05) is 36.2 Å². The first-order chi connectivity index (χ1) is 11.1. The van der Waals surface area contributed by atoms with E-state index in [4.69, 9.17) is 9.31 Å². The number of nitrogens with zero attached hydrogens (tertiary/aromatic N) is 2. The van der Waals surface area contributed by atoms with Crippen LogP contribution in [0.3, 0.4) is 0 Å². The van der Waals surface area contributed by atoms with Crippen LogP contribution in [0.5, 0.6) is 0 Å². The van der Waals surface area contributed by atoms with Gasteiger partial charge in [0.2, 0.25) is 5.91 Å². The summed E-state index contributed by atoms with van der Waals surface area (Å²) in [5, 5.41) is 11.2. The van der Waals surface area contributed by atoms with E-state index >= 15 is 0 Å². The summed E-state index contributed by atoms with van der Waals surface area (Å²) in [5.41, 5.74) is -0.0156. The van der Waals surface area contributed by atoms with Crippen LogP contribution in [0.15, 0.2) is 18.2 Å². The first kappa shape index (κ1) is 16.9. The molecule has 2 saturated heterocycles. The quantitative estimate of drug-likeness (QED) is 0.480. The molecule has 24 heavy (non-hydrogen) atoms. The molecule has 2 aliphatic heterocycles. The number of nitro benzene ring substituents is 1. The van der Waals surface area contributed by atoms with Gasteiger partial charge in [0.15, 0.2) is 0 Å². The summed E-state index contributed by atoms with van der Waals surface area (Å²) in [6.07, 6.45) is 1.26. The molecule has 0 radical (unpaired) electrons. The molecule has 0 N–H and O–H groups in total. The van der Waals surface area contributed by atoms with Gasteiger partial charge < -0.3 is 14.2 Å². The molecule has 2 heterocycles. The number of non-ortho nitro benzene ring substituents is 1. The fourth-order valence-corrected chi connectivity index (χ4v) is 2.96. The van der Waals surface area contributed by atoms with Crippen molar-refractivity contribution in [1.29, 1.82) is 0 Å². The van der Waals surface area contributed by atoms with Gasteiger partial charge in [-0.2, -0.15) is 0 Å². The molecule has 128 valence electrons. The summed E-state index contributed by atoms with van der Waals surface area (Å²) >= 11 is 0. The average molecular weight is 332 g/mol. The third-order valence-electron chi connectivity index (χ3n) is 5.09. The SMILES string of the molecule is CC1(C)OB(c2cc([N+](=O)[O-])ccc2N2CCCC2=O)OC1(C)C. The van der Waals surface area contributed by atoms with Crippen molar-refractivity contribution in [3.05, 3.63) is 28.3 Å². The van der Waals surface area contributed by atoms with Crippen LogP contribution in [0.2, 0.25) is 0 Å². The van der Waals surface area contributed by atoms with Crippen LogP contribution < -0.4 is 10.4 Å². The Bertz CT molecular complexity index is 688. The highest BCUT2D eigenvalue weighted by atomic mass is 16.7. The van der Waals surface area contributed by atoms with Crippen molar-refractivity contribution < 1.29 is 19.0 Å². The summed E-state index contributed by atoms with van der Waals surface area (Å²) in [7, 11) is -0.752. The van der Waals surface area contributed by atoms with E-state index in [1.54, 1.807) is 11.0 Å². The predicted octanol–water partition coefficient (Wildman–Crippen LogP) is 2.02. The molecule has 2 fully saturated rings. The van der Waals surface area contributed by atoms with E-state index in [2.05, 4.69) is 0 Å². The average Bonchev–Trinajstić information content (AvgIpc) is 2.99. The van der Waals surface area contributed by atoms with E-state index in [9.17, 15) is 14.9 Å². The van der Waals surface area contributed by atoms with Gasteiger partial charge in [-0.25, -0.2) is 0 Å². The molecular weight excluding hydrogens is 311 g/mol. The molecule has 0 saturated carbocycles. The molecule has 8 heteroatoms. The fraction of sp³-hybridized carbons (Fsp3) is 0.562. The molecule has 0 spiro atoms. The maximum atomic E-state index is 12.1. The molecule has 0 aliphatic carbocycles. The Hall–Kier alpha value is -1.93. The van der Waals surface area contributed by atoms with Crippen LogP contribution in [0.1, 0.15) is 40.5 Å². The number of hydrogen-bond acceptors (Lipinski definition) is 5. The van der Waals surface area contributed by atoms with E-state index in [0.29, 0.717) is 24.1 Å². The van der Waals surface area contributed by atoms with Crippen molar-refractivity contribution in [2.45, 2.75) is 51.7 Å². The summed E-state index contributed by atoms with van der Waals surface area (Å²) in [6, 6.07) is 4.47. The van der Waals surface area contributed by atoms with Gasteiger partial charge in [-0.3, -0.25) is 14.9 Å². The van der Waals surface area contributed by atoms with Gasteiger partial charge in [-0.15, -0.1) is 0 Å². The van der Waals surface area contributed by atoms with Gasteiger partial charge in [-0.05, 0) is 40.2 Å². The number of hydrogen-bond donors (Lipinski definition) is 0. The number of amides is 1. The molecule has 0 atom stereocenters. The first-order valence-corrected chi connectivity index (χ1v) is 8.07. The van der Waals surface area contributed by atoms with Crippen LogP contribution in [-0.2, 0) is 14.1 Å². The monoisotopic (exact) mass is 332 g/mol. The maximum absolute atomic E-state index is 12.1. The van der Waals surface area contributed by atoms with Crippen LogP contribution in [-0.4, -0.2) is 35.7 Å². The van der Waals surface area contributed by atoms with Gasteiger partial charge in [0.25, 0.3) is 5.69 Å². The second-order valence-electron chi connectivity index (χ2n) is 7.24. The Balaban J connectivity index is 2.06. The predicted molar refractivity (Wildman–Crippen MR) is 90.4 cm³/mol. The summed E-state index contributed by atoms with van der Waals surface area (Å²) in [5.74, 6) is 0.0154. The molecule has 3 rings (SSSR count). The zero-order chi connectivity index (χ0) is 17.7. The number of carbonyl (C=O) groups excluding carboxylic acids is 1. The fourth-order valence-electron chi connectivity index (χ4n) is 2.96. The lowest BCUT2D eigenvalue weighted by atomic mass is 9.77. The minimum atomic E-state index is -0.752. The Kier molecular flexibility index (Phi) is 3.92. The molecule has 1 amide bonds. The van der Waals surface area contributed by atoms with Gasteiger partial charge in [0.1, 0.15) is 0 Å². The Morgan fingerprint density at radius 3 is 2.33 bits per heavy atom. The van der Waals surface area contributed by atoms with E-state index in [1.165, 1.54) is 12.1 Å². The highest BCUT2D eigenvalue weighted by Gasteiger charge is 2.53. The standard InChI is InChI=1S/C16H21BN2O5/c1-15(2)16(3,4)24-17(23-15)12-10-11(19(21)22)7-8-13(12)18-9-5-6-14(18)20/h7-8,10H,5-6,9H2,1-4H3. The molecule has 2 aliphatic rings. The third-order valence-corrected chi connectivity index (χ3v) is 5.09. The Labute approximate surface area is 141 Å². The lowest BCUT2D eigenvalue weighted by Gasteiger charge is -2.32. The largest absolute Gasteiger partial charge is 0.497 e. The normalized spacial score (nSPS) is 22.2. The number of rotatable bonds is 3. The highest BCUT2D eigenvalue weighted by Crippen LogP contribution is 2.37. The van der Waals surface area contributed by atoms with Crippen LogP contribution in [0, 0.1) is 10.1 Å². The zero-order valence-corrected chi connectivity index (χ0v) is 14.4. The second-order valence-corrected chi connectivity index (χ2v) is 7.24. The molecule has 1 aromatic carbocycles. The molecule has 1 aromatic rings. The zero-order valence-electron chi connectivity index (χ0n) is 14.4. The number of carbonyl (C=O) groups is 1. The molecular formula is C16H21BN2O5. The van der Waals surface area contributed by atoms with Gasteiger partial charge in [0.05, 0.1) is 16.1 Å². The van der Waals surface area contributed by atoms with Crippen LogP contribution >= 0.6 is 0 Å². The van der Waals surface area contributed by atoms with Crippen molar-refractivity contribution in [3.8, 4) is 0 Å². The van der Waals surface area contributed by atoms with E-state index in [-0.39, 0.29) is 11.6 Å². The number of benzene rings is 1. The third kappa shape index (κ3) is 2.69. The first-order valence-electron chi connectivity index (χ1n) is 8.07. The second kappa shape index (κ2) is 5.56. The van der Waals surface area contributed by atoms with Crippen molar-refractivity contribution in [2.24, 2.45) is 0 Å². The summed E-state index contributed by atoms with van der Waals surface area (Å²) < 4.78 is 12.1. The van der Waals surface area contributed by atoms with E-state index in [1.807, 2.05) is 27.7 Å². The maximum Gasteiger partial charge on any atom is 0.497 e. The van der Waals surface area contributed by atoms with Crippen molar-refractivity contribution >= 4 is 29.9 Å². The molecule has 0 bridgehead atoms.